The van der Waals surface area contributed by atoms with Gasteiger partial charge in [-0.1, -0.05) is 6.07 Å². The van der Waals surface area contributed by atoms with E-state index in [1.165, 1.54) is 12.3 Å². The molecule has 0 N–H and O–H groups in total. The zero-order valence-corrected chi connectivity index (χ0v) is 9.47. The van der Waals surface area contributed by atoms with Crippen LogP contribution in [0.15, 0.2) is 23.3 Å². The number of hydrogen-bond acceptors (Lipinski definition) is 4. The molecule has 1 aliphatic rings. The fourth-order valence-corrected chi connectivity index (χ4v) is 1.58. The van der Waals surface area contributed by atoms with Crippen molar-refractivity contribution in [2.75, 3.05) is 19.8 Å². The molecule has 2 rings (SSSR count). The van der Waals surface area contributed by atoms with Crippen LogP contribution in [0.5, 0.6) is 0 Å². The SMILES string of the molecule is O=C1N=C(N(CCF)Cc2ccc(F)nc2)CO1. The molecule has 1 aromatic rings. The third-order valence-corrected chi connectivity index (χ3v) is 2.43. The van der Waals surface area contributed by atoms with E-state index in [9.17, 15) is 13.6 Å². The first kappa shape index (κ1) is 12.4. The van der Waals surface area contributed by atoms with Crippen molar-refractivity contribution in [2.45, 2.75) is 6.54 Å². The minimum absolute atomic E-state index is 0.0352. The van der Waals surface area contributed by atoms with Crippen LogP contribution in [0, 0.1) is 5.95 Å². The van der Waals surface area contributed by atoms with Crippen molar-refractivity contribution in [3.8, 4) is 0 Å². The van der Waals surface area contributed by atoms with Gasteiger partial charge in [-0.05, 0) is 11.6 Å². The maximum absolute atomic E-state index is 12.7. The minimum atomic E-state index is -0.675. The summed E-state index contributed by atoms with van der Waals surface area (Å²) in [5, 5.41) is 0. The van der Waals surface area contributed by atoms with Gasteiger partial charge in [0.15, 0.2) is 12.4 Å². The number of aliphatic imine (C=N–C) groups is 1. The van der Waals surface area contributed by atoms with Crippen molar-refractivity contribution in [3.05, 3.63) is 29.8 Å². The number of alkyl halides is 1. The average Bonchev–Trinajstić information content (AvgIpc) is 2.78. The van der Waals surface area contributed by atoms with Gasteiger partial charge in [0.2, 0.25) is 5.95 Å². The Morgan fingerprint density at radius 3 is 2.83 bits per heavy atom. The molecule has 5 nitrogen and oxygen atoms in total. The quantitative estimate of drug-likeness (QED) is 0.766. The van der Waals surface area contributed by atoms with Crippen molar-refractivity contribution >= 4 is 11.9 Å². The molecule has 96 valence electrons. The number of carbonyl (C=O) groups is 1. The molecule has 0 saturated carbocycles. The third-order valence-electron chi connectivity index (χ3n) is 2.43. The van der Waals surface area contributed by atoms with E-state index in [1.54, 1.807) is 11.0 Å². The molecule has 0 spiro atoms. The molecule has 0 aliphatic carbocycles. The van der Waals surface area contributed by atoms with E-state index in [0.29, 0.717) is 17.9 Å². The van der Waals surface area contributed by atoms with Gasteiger partial charge in [0, 0.05) is 19.3 Å². The lowest BCUT2D eigenvalue weighted by molar-refractivity contribution is 0.179. The lowest BCUT2D eigenvalue weighted by atomic mass is 10.2. The predicted molar refractivity (Wildman–Crippen MR) is 59.4 cm³/mol. The summed E-state index contributed by atoms with van der Waals surface area (Å²) < 4.78 is 29.8. The van der Waals surface area contributed by atoms with Crippen molar-refractivity contribution in [2.24, 2.45) is 4.99 Å². The Hall–Kier alpha value is -2.05. The van der Waals surface area contributed by atoms with E-state index < -0.39 is 18.7 Å². The van der Waals surface area contributed by atoms with Gasteiger partial charge < -0.3 is 9.64 Å². The maximum atomic E-state index is 12.7. The summed E-state index contributed by atoms with van der Waals surface area (Å²) in [5.74, 6) is -0.200. The largest absolute Gasteiger partial charge is 0.440 e. The molecule has 18 heavy (non-hydrogen) atoms. The molecular formula is C11H11F2N3O2. The molecule has 1 aliphatic heterocycles. The third kappa shape index (κ3) is 2.99. The number of hydrogen-bond donors (Lipinski definition) is 0. The Morgan fingerprint density at radius 2 is 2.28 bits per heavy atom. The molecule has 7 heteroatoms. The van der Waals surface area contributed by atoms with Crippen LogP contribution >= 0.6 is 0 Å². The highest BCUT2D eigenvalue weighted by molar-refractivity contribution is 5.97. The summed E-state index contributed by atoms with van der Waals surface area (Å²) in [5.41, 5.74) is 0.701. The molecule has 0 saturated heterocycles. The van der Waals surface area contributed by atoms with Gasteiger partial charge in [0.05, 0.1) is 0 Å². The number of amides is 1. The van der Waals surface area contributed by atoms with Gasteiger partial charge in [-0.25, -0.2) is 14.2 Å². The number of ether oxygens (including phenoxy) is 1. The second kappa shape index (κ2) is 5.52. The van der Waals surface area contributed by atoms with Crippen LogP contribution in [0.1, 0.15) is 5.56 Å². The molecule has 1 aromatic heterocycles. The highest BCUT2D eigenvalue weighted by atomic mass is 19.1. The van der Waals surface area contributed by atoms with Crippen LogP contribution in [-0.4, -0.2) is 41.6 Å². The minimum Gasteiger partial charge on any atom is -0.440 e. The van der Waals surface area contributed by atoms with Gasteiger partial charge in [-0.3, -0.25) is 0 Å². The molecule has 0 aromatic carbocycles. The smallest absolute Gasteiger partial charge is 0.435 e. The fraction of sp³-hybridized carbons (Fsp3) is 0.364. The highest BCUT2D eigenvalue weighted by Crippen LogP contribution is 2.09. The normalized spacial score (nSPS) is 14.3. The molecule has 0 unspecified atom stereocenters. The number of halogens is 2. The van der Waals surface area contributed by atoms with Crippen molar-refractivity contribution in [1.82, 2.24) is 9.88 Å². The van der Waals surface area contributed by atoms with E-state index in [1.807, 2.05) is 0 Å². The van der Waals surface area contributed by atoms with Crippen LogP contribution in [0.3, 0.4) is 0 Å². The van der Waals surface area contributed by atoms with Crippen LogP contribution in [0.4, 0.5) is 13.6 Å². The standard InChI is InChI=1S/C11H11F2N3O2/c12-3-4-16(10-7-18-11(17)15-10)6-8-1-2-9(13)14-5-8/h1-2,5H,3-4,6-7H2. The molecule has 0 radical (unpaired) electrons. The van der Waals surface area contributed by atoms with Gasteiger partial charge in [0.25, 0.3) is 0 Å². The van der Waals surface area contributed by atoms with E-state index in [-0.39, 0.29) is 13.2 Å². The first-order valence-corrected chi connectivity index (χ1v) is 5.34. The van der Waals surface area contributed by atoms with Crippen LogP contribution < -0.4 is 0 Å². The summed E-state index contributed by atoms with van der Waals surface area (Å²) in [4.78, 5) is 19.6. The Kier molecular flexibility index (Phi) is 3.81. The van der Waals surface area contributed by atoms with Gasteiger partial charge in [0.1, 0.15) is 6.67 Å². The first-order valence-electron chi connectivity index (χ1n) is 5.34. The second-order valence-corrected chi connectivity index (χ2v) is 3.68. The zero-order chi connectivity index (χ0) is 13.0. The lowest BCUT2D eigenvalue weighted by Gasteiger charge is -2.21. The number of rotatable bonds is 4. The second-order valence-electron chi connectivity index (χ2n) is 3.68. The molecule has 0 atom stereocenters. The Balaban J connectivity index is 2.08. The number of pyridine rings is 1. The number of nitrogens with zero attached hydrogens (tertiary/aromatic N) is 3. The van der Waals surface area contributed by atoms with E-state index >= 15 is 0 Å². The van der Waals surface area contributed by atoms with Crippen LogP contribution in [0.25, 0.3) is 0 Å². The average molecular weight is 255 g/mol. The Bertz CT molecular complexity index is 462. The van der Waals surface area contributed by atoms with Crippen LogP contribution in [-0.2, 0) is 11.3 Å². The van der Waals surface area contributed by atoms with Crippen molar-refractivity contribution < 1.29 is 18.3 Å². The molecule has 1 amide bonds. The number of aromatic nitrogens is 1. The molecule has 2 heterocycles. The summed E-state index contributed by atoms with van der Waals surface area (Å²) >= 11 is 0. The molecular weight excluding hydrogens is 244 g/mol. The van der Waals surface area contributed by atoms with Crippen molar-refractivity contribution in [3.63, 3.8) is 0 Å². The van der Waals surface area contributed by atoms with Gasteiger partial charge in [-0.15, -0.1) is 0 Å². The predicted octanol–water partition coefficient (Wildman–Crippen LogP) is 1.54. The zero-order valence-electron chi connectivity index (χ0n) is 9.47. The highest BCUT2D eigenvalue weighted by Gasteiger charge is 2.21. The number of carbonyl (C=O) groups excluding carboxylic acids is 1. The molecule has 0 fully saturated rings. The van der Waals surface area contributed by atoms with Gasteiger partial charge in [-0.2, -0.15) is 9.38 Å². The number of cyclic esters (lactones) is 1. The Morgan fingerprint density at radius 1 is 1.44 bits per heavy atom. The first-order chi connectivity index (χ1) is 8.69. The fourth-order valence-electron chi connectivity index (χ4n) is 1.58. The summed E-state index contributed by atoms with van der Waals surface area (Å²) in [6, 6.07) is 2.77. The van der Waals surface area contributed by atoms with E-state index in [4.69, 9.17) is 0 Å². The van der Waals surface area contributed by atoms with Gasteiger partial charge >= 0.3 is 6.09 Å². The topological polar surface area (TPSA) is 54.8 Å². The summed E-state index contributed by atoms with van der Waals surface area (Å²) in [6.45, 7) is -0.158. The monoisotopic (exact) mass is 255 g/mol. The molecule has 0 bridgehead atoms. The van der Waals surface area contributed by atoms with Crippen LogP contribution in [0.2, 0.25) is 0 Å². The number of amidine groups is 1. The van der Waals surface area contributed by atoms with Crippen molar-refractivity contribution in [1.29, 1.82) is 0 Å². The maximum Gasteiger partial charge on any atom is 0.435 e. The van der Waals surface area contributed by atoms with E-state index in [0.717, 1.165) is 0 Å². The summed E-state index contributed by atoms with van der Waals surface area (Å²) in [6.07, 6.45) is 0.685. The van der Waals surface area contributed by atoms with E-state index in [2.05, 4.69) is 14.7 Å². The Labute approximate surface area is 102 Å². The summed E-state index contributed by atoms with van der Waals surface area (Å²) in [7, 11) is 0. The lowest BCUT2D eigenvalue weighted by Crippen LogP contribution is -2.33.